The molecule has 0 aliphatic heterocycles. The molecule has 0 saturated heterocycles. The fourth-order valence-electron chi connectivity index (χ4n) is 3.44. The van der Waals surface area contributed by atoms with Crippen LogP contribution in [0.3, 0.4) is 0 Å². The van der Waals surface area contributed by atoms with Crippen molar-refractivity contribution in [3.63, 3.8) is 0 Å². The Hall–Kier alpha value is -0.780. The van der Waals surface area contributed by atoms with Gasteiger partial charge >= 0.3 is 0 Å². The van der Waals surface area contributed by atoms with Crippen LogP contribution in [0.1, 0.15) is 67.6 Å². The molecule has 0 unspecified atom stereocenters. The summed E-state index contributed by atoms with van der Waals surface area (Å²) in [6.07, 6.45) is 12.7. The molecule has 0 bridgehead atoms. The van der Waals surface area contributed by atoms with Gasteiger partial charge in [0, 0.05) is 0 Å². The maximum absolute atomic E-state index is 2.53. The lowest BCUT2D eigenvalue weighted by Gasteiger charge is -2.24. The first kappa shape index (κ1) is 10.4. The molecule has 0 nitrogen and oxygen atoms in total. The van der Waals surface area contributed by atoms with Crippen molar-refractivity contribution in [1.29, 1.82) is 0 Å². The zero-order valence-electron chi connectivity index (χ0n) is 10.2. The Balaban J connectivity index is 1.84. The van der Waals surface area contributed by atoms with Crippen LogP contribution < -0.4 is 0 Å². The van der Waals surface area contributed by atoms with Crippen LogP contribution in [-0.4, -0.2) is 0 Å². The van der Waals surface area contributed by atoms with Crippen LogP contribution in [0.2, 0.25) is 0 Å². The molecule has 0 radical (unpaired) electrons. The predicted octanol–water partition coefficient (Wildman–Crippen LogP) is 4.61. The largest absolute Gasteiger partial charge is 0.0585 e. The average molecular weight is 214 g/mol. The summed E-state index contributed by atoms with van der Waals surface area (Å²) in [6.45, 7) is 0. The van der Waals surface area contributed by atoms with Crippen molar-refractivity contribution in [2.24, 2.45) is 0 Å². The third-order valence-electron chi connectivity index (χ3n) is 4.45. The van der Waals surface area contributed by atoms with Gasteiger partial charge in [-0.05, 0) is 61.1 Å². The molecule has 0 N–H and O–H groups in total. The summed E-state index contributed by atoms with van der Waals surface area (Å²) in [6, 6.07) is 7.36. The van der Waals surface area contributed by atoms with Crippen molar-refractivity contribution >= 4 is 0 Å². The first-order valence-electron chi connectivity index (χ1n) is 7.05. The molecular weight excluding hydrogens is 192 g/mol. The fraction of sp³-hybridized carbons (Fsp3) is 0.625. The van der Waals surface area contributed by atoms with E-state index in [9.17, 15) is 0 Å². The van der Waals surface area contributed by atoms with Crippen LogP contribution in [0.4, 0.5) is 0 Å². The van der Waals surface area contributed by atoms with E-state index in [1.54, 1.807) is 16.7 Å². The molecule has 1 saturated carbocycles. The van der Waals surface area contributed by atoms with Crippen molar-refractivity contribution < 1.29 is 0 Å². The number of hydrogen-bond donors (Lipinski definition) is 0. The lowest BCUT2D eigenvalue weighted by Crippen LogP contribution is -2.08. The first-order chi connectivity index (χ1) is 7.93. The summed E-state index contributed by atoms with van der Waals surface area (Å²) < 4.78 is 0. The fourth-order valence-corrected chi connectivity index (χ4v) is 3.44. The van der Waals surface area contributed by atoms with E-state index in [1.807, 2.05) is 0 Å². The number of aryl methyl sites for hydroxylation is 2. The summed E-state index contributed by atoms with van der Waals surface area (Å²) in [5.74, 6) is 0.876. The molecule has 0 heterocycles. The summed E-state index contributed by atoms with van der Waals surface area (Å²) in [5, 5.41) is 0. The number of fused-ring (bicyclic) bond motifs is 1. The van der Waals surface area contributed by atoms with Crippen molar-refractivity contribution in [3.05, 3.63) is 34.9 Å². The van der Waals surface area contributed by atoms with Crippen molar-refractivity contribution in [3.8, 4) is 0 Å². The van der Waals surface area contributed by atoms with Gasteiger partial charge in [-0.2, -0.15) is 0 Å². The molecule has 16 heavy (non-hydrogen) atoms. The second-order valence-corrected chi connectivity index (χ2v) is 5.57. The van der Waals surface area contributed by atoms with Gasteiger partial charge in [0.2, 0.25) is 0 Å². The molecule has 0 aromatic heterocycles. The van der Waals surface area contributed by atoms with Gasteiger partial charge in [0.15, 0.2) is 0 Å². The molecule has 2 aliphatic rings. The highest BCUT2D eigenvalue weighted by Crippen LogP contribution is 2.34. The molecule has 0 spiro atoms. The van der Waals surface area contributed by atoms with Crippen molar-refractivity contribution in [2.45, 2.75) is 63.7 Å². The molecule has 1 fully saturated rings. The van der Waals surface area contributed by atoms with Crippen LogP contribution in [0.25, 0.3) is 0 Å². The monoisotopic (exact) mass is 214 g/mol. The van der Waals surface area contributed by atoms with Gasteiger partial charge in [-0.3, -0.25) is 0 Å². The van der Waals surface area contributed by atoms with E-state index in [-0.39, 0.29) is 0 Å². The molecule has 0 amide bonds. The zero-order valence-corrected chi connectivity index (χ0v) is 10.2. The quantitative estimate of drug-likeness (QED) is 0.640. The average Bonchev–Trinajstić information content (AvgIpc) is 2.39. The van der Waals surface area contributed by atoms with Gasteiger partial charge in [0.1, 0.15) is 0 Å². The Morgan fingerprint density at radius 3 is 2.31 bits per heavy atom. The van der Waals surface area contributed by atoms with Crippen LogP contribution in [0.15, 0.2) is 18.2 Å². The van der Waals surface area contributed by atoms with Crippen molar-refractivity contribution in [2.75, 3.05) is 0 Å². The molecule has 1 aromatic rings. The van der Waals surface area contributed by atoms with Gasteiger partial charge in [0.25, 0.3) is 0 Å². The summed E-state index contributed by atoms with van der Waals surface area (Å²) in [5.41, 5.74) is 4.93. The lowest BCUT2D eigenvalue weighted by atomic mass is 9.81. The second kappa shape index (κ2) is 4.61. The smallest absolute Gasteiger partial charge is 0.0162 e. The standard InChI is InChI=1S/C16H22/c1-2-6-13(7-3-1)16-11-10-14-8-4-5-9-15(14)12-16/h10-13H,1-9H2. The minimum absolute atomic E-state index is 0.876. The second-order valence-electron chi connectivity index (χ2n) is 5.57. The van der Waals surface area contributed by atoms with E-state index in [2.05, 4.69) is 18.2 Å². The molecular formula is C16H22. The van der Waals surface area contributed by atoms with Crippen LogP contribution in [-0.2, 0) is 12.8 Å². The number of rotatable bonds is 1. The van der Waals surface area contributed by atoms with Crippen LogP contribution in [0, 0.1) is 0 Å². The predicted molar refractivity (Wildman–Crippen MR) is 68.9 cm³/mol. The van der Waals surface area contributed by atoms with Gasteiger partial charge in [-0.15, -0.1) is 0 Å². The van der Waals surface area contributed by atoms with E-state index >= 15 is 0 Å². The third-order valence-corrected chi connectivity index (χ3v) is 4.45. The van der Waals surface area contributed by atoms with Crippen LogP contribution >= 0.6 is 0 Å². The van der Waals surface area contributed by atoms with E-state index in [0.29, 0.717) is 0 Å². The summed E-state index contributed by atoms with van der Waals surface area (Å²) >= 11 is 0. The highest BCUT2D eigenvalue weighted by atomic mass is 14.2. The summed E-state index contributed by atoms with van der Waals surface area (Å²) in [4.78, 5) is 0. The Morgan fingerprint density at radius 1 is 0.750 bits per heavy atom. The van der Waals surface area contributed by atoms with Gasteiger partial charge in [-0.1, -0.05) is 37.5 Å². The Morgan fingerprint density at radius 2 is 1.50 bits per heavy atom. The normalized spacial score (nSPS) is 21.8. The maximum Gasteiger partial charge on any atom is -0.0162 e. The maximum atomic E-state index is 2.53. The molecule has 0 heteroatoms. The Kier molecular flexibility index (Phi) is 2.99. The van der Waals surface area contributed by atoms with E-state index in [0.717, 1.165) is 5.92 Å². The highest BCUT2D eigenvalue weighted by Gasteiger charge is 2.17. The summed E-state index contributed by atoms with van der Waals surface area (Å²) in [7, 11) is 0. The van der Waals surface area contributed by atoms with Gasteiger partial charge in [0.05, 0.1) is 0 Å². The van der Waals surface area contributed by atoms with Crippen LogP contribution in [0.5, 0.6) is 0 Å². The minimum Gasteiger partial charge on any atom is -0.0585 e. The van der Waals surface area contributed by atoms with Gasteiger partial charge in [-0.25, -0.2) is 0 Å². The number of benzene rings is 1. The van der Waals surface area contributed by atoms with E-state index in [1.165, 1.54) is 57.8 Å². The molecule has 0 atom stereocenters. The molecule has 1 aromatic carbocycles. The molecule has 3 rings (SSSR count). The van der Waals surface area contributed by atoms with E-state index in [4.69, 9.17) is 0 Å². The zero-order chi connectivity index (χ0) is 10.8. The Bertz CT molecular complexity index is 358. The molecule has 86 valence electrons. The SMILES string of the molecule is c1cc2c(cc1C1CCCCC1)CCCC2. The first-order valence-corrected chi connectivity index (χ1v) is 7.05. The highest BCUT2D eigenvalue weighted by molar-refractivity contribution is 5.35. The molecule has 2 aliphatic carbocycles. The Labute approximate surface area is 99.1 Å². The van der Waals surface area contributed by atoms with Crippen molar-refractivity contribution in [1.82, 2.24) is 0 Å². The minimum atomic E-state index is 0.876. The topological polar surface area (TPSA) is 0 Å². The van der Waals surface area contributed by atoms with E-state index < -0.39 is 0 Å². The lowest BCUT2D eigenvalue weighted by molar-refractivity contribution is 0.443. The third kappa shape index (κ3) is 2.03. The number of hydrogen-bond acceptors (Lipinski definition) is 0. The van der Waals surface area contributed by atoms with Gasteiger partial charge < -0.3 is 0 Å².